The summed E-state index contributed by atoms with van der Waals surface area (Å²) in [6, 6.07) is 11.3. The van der Waals surface area contributed by atoms with Crippen LogP contribution in [0, 0.1) is 6.92 Å². The van der Waals surface area contributed by atoms with Crippen molar-refractivity contribution >= 4 is 50.7 Å². The fraction of sp³-hybridized carbons (Fsp3) is 0.462. The van der Waals surface area contributed by atoms with Crippen LogP contribution in [-0.4, -0.2) is 50.0 Å². The van der Waals surface area contributed by atoms with E-state index in [2.05, 4.69) is 5.32 Å². The first kappa shape index (κ1) is 28.3. The molecule has 0 aliphatic heterocycles. The van der Waals surface area contributed by atoms with Gasteiger partial charge in [-0.2, -0.15) is 0 Å². The highest BCUT2D eigenvalue weighted by Gasteiger charge is 2.31. The van der Waals surface area contributed by atoms with Crippen LogP contribution < -0.4 is 9.62 Å². The molecule has 0 bridgehead atoms. The minimum atomic E-state index is -3.84. The normalized spacial score (nSPS) is 15.2. The molecule has 36 heavy (non-hydrogen) atoms. The molecule has 0 unspecified atom stereocenters. The Labute approximate surface area is 223 Å². The summed E-state index contributed by atoms with van der Waals surface area (Å²) in [6.45, 7) is 3.32. The monoisotopic (exact) mass is 553 g/mol. The number of hydrogen-bond acceptors (Lipinski definition) is 4. The smallest absolute Gasteiger partial charge is 0.244 e. The number of carbonyl (C=O) groups excluding carboxylic acids is 2. The van der Waals surface area contributed by atoms with Crippen LogP contribution in [0.2, 0.25) is 10.0 Å². The van der Waals surface area contributed by atoms with Crippen LogP contribution in [0.15, 0.2) is 42.5 Å². The molecule has 1 fully saturated rings. The Kier molecular flexibility index (Phi) is 9.66. The van der Waals surface area contributed by atoms with Crippen molar-refractivity contribution in [3.05, 3.63) is 63.6 Å². The van der Waals surface area contributed by atoms with Crippen LogP contribution in [0.1, 0.15) is 50.2 Å². The first-order valence-electron chi connectivity index (χ1n) is 12.0. The quantitative estimate of drug-likeness (QED) is 0.476. The third-order valence-electron chi connectivity index (χ3n) is 6.46. The predicted molar refractivity (Wildman–Crippen MR) is 145 cm³/mol. The van der Waals surface area contributed by atoms with E-state index >= 15 is 0 Å². The minimum absolute atomic E-state index is 0.0914. The Balaban J connectivity index is 1.87. The molecule has 0 spiro atoms. The zero-order valence-corrected chi connectivity index (χ0v) is 23.2. The fourth-order valence-electron chi connectivity index (χ4n) is 4.30. The van der Waals surface area contributed by atoms with Gasteiger partial charge in [-0.05, 0) is 50.5 Å². The van der Waals surface area contributed by atoms with E-state index < -0.39 is 28.5 Å². The number of carbonyl (C=O) groups is 2. The summed E-state index contributed by atoms with van der Waals surface area (Å²) in [5, 5.41) is 3.53. The number of aryl methyl sites for hydroxylation is 1. The molecule has 0 heterocycles. The summed E-state index contributed by atoms with van der Waals surface area (Å²) >= 11 is 12.1. The van der Waals surface area contributed by atoms with Crippen molar-refractivity contribution in [1.29, 1.82) is 0 Å². The number of hydrogen-bond donors (Lipinski definition) is 1. The molecule has 2 aromatic rings. The number of rotatable bonds is 9. The summed E-state index contributed by atoms with van der Waals surface area (Å²) in [6.07, 6.45) is 6.16. The van der Waals surface area contributed by atoms with Gasteiger partial charge in [0.1, 0.15) is 12.6 Å². The number of benzene rings is 2. The van der Waals surface area contributed by atoms with Crippen LogP contribution in [0.3, 0.4) is 0 Å². The number of sulfonamides is 1. The van der Waals surface area contributed by atoms with Gasteiger partial charge in [0.25, 0.3) is 0 Å². The van der Waals surface area contributed by atoms with Gasteiger partial charge in [-0.3, -0.25) is 13.9 Å². The lowest BCUT2D eigenvalue weighted by atomic mass is 9.95. The molecular formula is C26H33Cl2N3O4S. The zero-order valence-electron chi connectivity index (χ0n) is 20.8. The van der Waals surface area contributed by atoms with E-state index in [1.807, 2.05) is 31.2 Å². The number of anilines is 1. The van der Waals surface area contributed by atoms with Crippen LogP contribution >= 0.6 is 23.2 Å². The second-order valence-electron chi connectivity index (χ2n) is 9.39. The second kappa shape index (κ2) is 12.3. The first-order chi connectivity index (χ1) is 17.0. The topological polar surface area (TPSA) is 86.8 Å². The predicted octanol–water partition coefficient (Wildman–Crippen LogP) is 4.93. The van der Waals surface area contributed by atoms with Gasteiger partial charge in [0, 0.05) is 12.6 Å². The maximum absolute atomic E-state index is 13.6. The van der Waals surface area contributed by atoms with Gasteiger partial charge in [0.15, 0.2) is 0 Å². The van der Waals surface area contributed by atoms with E-state index in [9.17, 15) is 18.0 Å². The van der Waals surface area contributed by atoms with Gasteiger partial charge in [-0.1, -0.05) is 72.3 Å². The molecule has 1 aliphatic rings. The third kappa shape index (κ3) is 7.60. The summed E-state index contributed by atoms with van der Waals surface area (Å²) in [5.74, 6) is -0.749. The Morgan fingerprint density at radius 3 is 2.25 bits per heavy atom. The van der Waals surface area contributed by atoms with E-state index in [1.54, 1.807) is 6.92 Å². The molecule has 0 aromatic heterocycles. The lowest BCUT2D eigenvalue weighted by molar-refractivity contribution is -0.139. The van der Waals surface area contributed by atoms with Crippen LogP contribution in [0.4, 0.5) is 5.69 Å². The van der Waals surface area contributed by atoms with Crippen molar-refractivity contribution in [1.82, 2.24) is 10.2 Å². The molecule has 0 radical (unpaired) electrons. The number of nitrogens with one attached hydrogen (secondary N) is 1. The Bertz CT molecular complexity index is 1180. The Hall–Kier alpha value is -2.29. The van der Waals surface area contributed by atoms with Crippen LogP contribution in [0.5, 0.6) is 0 Å². The maximum atomic E-state index is 13.6. The average Bonchev–Trinajstić information content (AvgIpc) is 2.83. The van der Waals surface area contributed by atoms with Crippen LogP contribution in [-0.2, 0) is 26.2 Å². The summed E-state index contributed by atoms with van der Waals surface area (Å²) < 4.78 is 26.3. The van der Waals surface area contributed by atoms with Gasteiger partial charge in [0.2, 0.25) is 21.8 Å². The van der Waals surface area contributed by atoms with E-state index in [0.717, 1.165) is 53.8 Å². The van der Waals surface area contributed by atoms with E-state index in [0.29, 0.717) is 0 Å². The molecule has 0 saturated heterocycles. The van der Waals surface area contributed by atoms with E-state index in [1.165, 1.54) is 23.1 Å². The Morgan fingerprint density at radius 1 is 1.03 bits per heavy atom. The number of halogens is 2. The molecule has 3 rings (SSSR count). The number of nitrogens with zero attached hydrogens (tertiary/aromatic N) is 2. The molecule has 196 valence electrons. The van der Waals surface area contributed by atoms with Gasteiger partial charge in [-0.25, -0.2) is 8.42 Å². The largest absolute Gasteiger partial charge is 0.352 e. The van der Waals surface area contributed by atoms with Crippen molar-refractivity contribution in [2.75, 3.05) is 17.1 Å². The fourth-order valence-corrected chi connectivity index (χ4v) is 5.43. The zero-order chi connectivity index (χ0) is 26.5. The van der Waals surface area contributed by atoms with Crippen molar-refractivity contribution in [2.24, 2.45) is 0 Å². The first-order valence-corrected chi connectivity index (χ1v) is 14.6. The molecule has 1 N–H and O–H groups in total. The average molecular weight is 555 g/mol. The molecule has 1 aliphatic carbocycles. The lowest BCUT2D eigenvalue weighted by Gasteiger charge is -2.33. The molecule has 7 nitrogen and oxygen atoms in total. The van der Waals surface area contributed by atoms with Crippen LogP contribution in [0.25, 0.3) is 0 Å². The molecule has 10 heteroatoms. The Morgan fingerprint density at radius 2 is 1.67 bits per heavy atom. The van der Waals surface area contributed by atoms with Gasteiger partial charge in [-0.15, -0.1) is 0 Å². The summed E-state index contributed by atoms with van der Waals surface area (Å²) in [7, 11) is -3.84. The van der Waals surface area contributed by atoms with Gasteiger partial charge >= 0.3 is 0 Å². The highest BCUT2D eigenvalue weighted by atomic mass is 35.5. The summed E-state index contributed by atoms with van der Waals surface area (Å²) in [4.78, 5) is 28.2. The van der Waals surface area contributed by atoms with Gasteiger partial charge < -0.3 is 10.2 Å². The SMILES string of the molecule is Cc1ccc(CN(C(=O)CN(c2ccc(Cl)c(Cl)c2)S(C)(=O)=O)[C@@H](C)C(=O)NC2CCCCC2)cc1. The van der Waals surface area contributed by atoms with Gasteiger partial charge in [0.05, 0.1) is 22.0 Å². The molecule has 2 amide bonds. The second-order valence-corrected chi connectivity index (χ2v) is 12.1. The number of amides is 2. The highest BCUT2D eigenvalue weighted by Crippen LogP contribution is 2.28. The lowest BCUT2D eigenvalue weighted by Crippen LogP contribution is -2.52. The highest BCUT2D eigenvalue weighted by molar-refractivity contribution is 7.92. The molecule has 1 atom stereocenters. The van der Waals surface area contributed by atoms with Crippen molar-refractivity contribution in [2.45, 2.75) is 64.6 Å². The van der Waals surface area contributed by atoms with Crippen molar-refractivity contribution in [3.8, 4) is 0 Å². The van der Waals surface area contributed by atoms with E-state index in [4.69, 9.17) is 23.2 Å². The standard InChI is InChI=1S/C26H33Cl2N3O4S/c1-18-9-11-20(12-10-18)16-30(19(2)26(33)29-21-7-5-4-6-8-21)25(32)17-31(36(3,34)35)22-13-14-23(27)24(28)15-22/h9-15,19,21H,4-8,16-17H2,1-3H3,(H,29,33)/t19-/m0/s1. The summed E-state index contributed by atoms with van der Waals surface area (Å²) in [5.41, 5.74) is 2.13. The third-order valence-corrected chi connectivity index (χ3v) is 8.34. The molecule has 1 saturated carbocycles. The minimum Gasteiger partial charge on any atom is -0.352 e. The van der Waals surface area contributed by atoms with E-state index in [-0.39, 0.29) is 34.2 Å². The molecular weight excluding hydrogens is 521 g/mol. The maximum Gasteiger partial charge on any atom is 0.244 e. The van der Waals surface area contributed by atoms with Crippen molar-refractivity contribution < 1.29 is 18.0 Å². The van der Waals surface area contributed by atoms with Crippen molar-refractivity contribution in [3.63, 3.8) is 0 Å². The molecule has 2 aromatic carbocycles.